The summed E-state index contributed by atoms with van der Waals surface area (Å²) in [5.41, 5.74) is 2.53. The first kappa shape index (κ1) is 11.4. The molecule has 1 heterocycles. The lowest BCUT2D eigenvalue weighted by Crippen LogP contribution is -1.89. The zero-order chi connectivity index (χ0) is 11.5. The third-order valence-corrected chi connectivity index (χ3v) is 3.69. The molecule has 1 N–H and O–H groups in total. The van der Waals surface area contributed by atoms with Gasteiger partial charge >= 0.3 is 0 Å². The van der Waals surface area contributed by atoms with Crippen LogP contribution >= 0.6 is 22.9 Å². The van der Waals surface area contributed by atoms with Gasteiger partial charge in [-0.3, -0.25) is 0 Å². The van der Waals surface area contributed by atoms with Crippen LogP contribution in [0, 0.1) is 6.92 Å². The molecule has 0 spiro atoms. The molecular weight excluding hydrogens is 240 g/mol. The van der Waals surface area contributed by atoms with E-state index in [0.717, 1.165) is 16.6 Å². The van der Waals surface area contributed by atoms with Crippen LogP contribution in [-0.2, 0) is 6.42 Å². The van der Waals surface area contributed by atoms with Crippen molar-refractivity contribution < 1.29 is 0 Å². The monoisotopic (exact) mass is 252 g/mol. The normalized spacial score (nSPS) is 10.4. The fourth-order valence-electron chi connectivity index (χ4n) is 1.52. The Bertz CT molecular complexity index is 494. The topological polar surface area (TPSA) is 24.9 Å². The Morgan fingerprint density at radius 2 is 2.25 bits per heavy atom. The molecule has 0 saturated heterocycles. The van der Waals surface area contributed by atoms with Crippen molar-refractivity contribution in [2.45, 2.75) is 13.3 Å². The van der Waals surface area contributed by atoms with Gasteiger partial charge in [-0.1, -0.05) is 17.7 Å². The summed E-state index contributed by atoms with van der Waals surface area (Å²) < 4.78 is 0. The molecule has 0 atom stereocenters. The van der Waals surface area contributed by atoms with Crippen LogP contribution in [0.2, 0.25) is 5.02 Å². The minimum atomic E-state index is 0.791. The van der Waals surface area contributed by atoms with Gasteiger partial charge in [-0.2, -0.15) is 0 Å². The predicted octanol–water partition coefficient (Wildman–Crippen LogP) is 3.74. The van der Waals surface area contributed by atoms with Crippen LogP contribution in [0.25, 0.3) is 0 Å². The molecule has 0 saturated carbocycles. The van der Waals surface area contributed by atoms with Crippen LogP contribution in [0.4, 0.5) is 5.13 Å². The summed E-state index contributed by atoms with van der Waals surface area (Å²) in [5.74, 6) is 0. The van der Waals surface area contributed by atoms with E-state index in [4.69, 9.17) is 11.6 Å². The van der Waals surface area contributed by atoms with E-state index in [1.54, 1.807) is 11.3 Å². The highest BCUT2D eigenvalue weighted by Crippen LogP contribution is 2.23. The number of aryl methyl sites for hydroxylation is 1. The fourth-order valence-corrected chi connectivity index (χ4v) is 2.51. The predicted molar refractivity (Wildman–Crippen MR) is 70.7 cm³/mol. The maximum atomic E-state index is 5.99. The quantitative estimate of drug-likeness (QED) is 0.900. The van der Waals surface area contributed by atoms with Crippen LogP contribution in [0.5, 0.6) is 0 Å². The van der Waals surface area contributed by atoms with Gasteiger partial charge < -0.3 is 5.32 Å². The Morgan fingerprint density at radius 3 is 2.94 bits per heavy atom. The lowest BCUT2D eigenvalue weighted by Gasteiger charge is -2.04. The van der Waals surface area contributed by atoms with E-state index >= 15 is 0 Å². The van der Waals surface area contributed by atoms with Crippen molar-refractivity contribution in [2.24, 2.45) is 0 Å². The average molecular weight is 253 g/mol. The van der Waals surface area contributed by atoms with Crippen LogP contribution in [-0.4, -0.2) is 12.0 Å². The molecule has 2 aromatic rings. The zero-order valence-electron chi connectivity index (χ0n) is 9.25. The number of benzene rings is 1. The summed E-state index contributed by atoms with van der Waals surface area (Å²) in [5, 5.41) is 4.78. The molecule has 2 nitrogen and oxygen atoms in total. The number of rotatable bonds is 3. The number of nitrogens with zero attached hydrogens (tertiary/aromatic N) is 1. The van der Waals surface area contributed by atoms with Crippen LogP contribution in [0.1, 0.15) is 16.0 Å². The smallest absolute Gasteiger partial charge is 0.182 e. The summed E-state index contributed by atoms with van der Waals surface area (Å²) in [6.45, 7) is 2.10. The van der Waals surface area contributed by atoms with Crippen molar-refractivity contribution in [1.29, 1.82) is 0 Å². The highest BCUT2D eigenvalue weighted by atomic mass is 35.5. The number of hydrogen-bond acceptors (Lipinski definition) is 3. The fraction of sp³-hybridized carbons (Fsp3) is 0.250. The van der Waals surface area contributed by atoms with Crippen LogP contribution < -0.4 is 5.32 Å². The van der Waals surface area contributed by atoms with Gasteiger partial charge in [0.1, 0.15) is 0 Å². The van der Waals surface area contributed by atoms with Crippen molar-refractivity contribution in [3.63, 3.8) is 0 Å². The molecule has 0 aliphatic carbocycles. The standard InChI is InChI=1S/C12H13ClN2S/c1-8-3-4-10(13)5-9(8)6-11-7-15-12(14-2)16-11/h3-5,7H,6H2,1-2H3,(H,14,15). The molecule has 0 aliphatic rings. The molecule has 0 radical (unpaired) electrons. The van der Waals surface area contributed by atoms with Gasteiger partial charge in [0.15, 0.2) is 5.13 Å². The first-order valence-electron chi connectivity index (χ1n) is 5.06. The highest BCUT2D eigenvalue weighted by molar-refractivity contribution is 7.15. The van der Waals surface area contributed by atoms with Crippen molar-refractivity contribution in [3.8, 4) is 0 Å². The van der Waals surface area contributed by atoms with Gasteiger partial charge in [-0.25, -0.2) is 4.98 Å². The Labute approximate surface area is 104 Å². The number of anilines is 1. The highest BCUT2D eigenvalue weighted by Gasteiger charge is 2.04. The third kappa shape index (κ3) is 2.54. The van der Waals surface area contributed by atoms with Crippen molar-refractivity contribution >= 4 is 28.1 Å². The molecule has 0 unspecified atom stereocenters. The second kappa shape index (κ2) is 4.85. The molecule has 1 aromatic heterocycles. The Hall–Kier alpha value is -1.06. The molecule has 0 aliphatic heterocycles. The summed E-state index contributed by atoms with van der Waals surface area (Å²) in [4.78, 5) is 5.50. The van der Waals surface area contributed by atoms with Gasteiger partial charge in [-0.15, -0.1) is 11.3 Å². The van der Waals surface area contributed by atoms with E-state index in [-0.39, 0.29) is 0 Å². The van der Waals surface area contributed by atoms with Crippen LogP contribution in [0.15, 0.2) is 24.4 Å². The van der Waals surface area contributed by atoms with Crippen molar-refractivity contribution in [1.82, 2.24) is 4.98 Å². The zero-order valence-corrected chi connectivity index (χ0v) is 10.8. The molecule has 4 heteroatoms. The first-order valence-corrected chi connectivity index (χ1v) is 6.26. The van der Waals surface area contributed by atoms with E-state index in [2.05, 4.69) is 23.3 Å². The summed E-state index contributed by atoms with van der Waals surface area (Å²) >= 11 is 7.67. The second-order valence-electron chi connectivity index (χ2n) is 3.63. The minimum Gasteiger partial charge on any atom is -0.365 e. The molecule has 0 amide bonds. The third-order valence-electron chi connectivity index (χ3n) is 2.44. The summed E-state index contributed by atoms with van der Waals surface area (Å²) in [6, 6.07) is 6.00. The van der Waals surface area contributed by atoms with E-state index in [1.165, 1.54) is 16.0 Å². The molecule has 16 heavy (non-hydrogen) atoms. The number of nitrogens with one attached hydrogen (secondary N) is 1. The van der Waals surface area contributed by atoms with Gasteiger partial charge in [-0.05, 0) is 30.2 Å². The Balaban J connectivity index is 2.22. The van der Waals surface area contributed by atoms with Gasteiger partial charge in [0.05, 0.1) is 0 Å². The Kier molecular flexibility index (Phi) is 3.46. The summed E-state index contributed by atoms with van der Waals surface area (Å²) in [6.07, 6.45) is 2.81. The maximum absolute atomic E-state index is 5.99. The Morgan fingerprint density at radius 1 is 1.44 bits per heavy atom. The molecule has 0 fully saturated rings. The molecule has 1 aromatic carbocycles. The number of thiazole rings is 1. The van der Waals surface area contributed by atoms with Crippen molar-refractivity contribution in [3.05, 3.63) is 45.4 Å². The number of halogens is 1. The number of aromatic nitrogens is 1. The van der Waals surface area contributed by atoms with E-state index in [0.29, 0.717) is 0 Å². The lowest BCUT2D eigenvalue weighted by molar-refractivity contribution is 1.18. The number of hydrogen-bond donors (Lipinski definition) is 1. The molecule has 0 bridgehead atoms. The SMILES string of the molecule is CNc1ncc(Cc2cc(Cl)ccc2C)s1. The maximum Gasteiger partial charge on any atom is 0.182 e. The average Bonchev–Trinajstić information content (AvgIpc) is 2.71. The molecular formula is C12H13ClN2S. The van der Waals surface area contributed by atoms with Gasteiger partial charge in [0, 0.05) is 29.6 Å². The van der Waals surface area contributed by atoms with Gasteiger partial charge in [0.2, 0.25) is 0 Å². The van der Waals surface area contributed by atoms with E-state index in [1.807, 2.05) is 25.4 Å². The molecule has 84 valence electrons. The first-order chi connectivity index (χ1) is 7.69. The van der Waals surface area contributed by atoms with Crippen molar-refractivity contribution in [2.75, 3.05) is 12.4 Å². The van der Waals surface area contributed by atoms with Crippen LogP contribution in [0.3, 0.4) is 0 Å². The minimum absolute atomic E-state index is 0.791. The van der Waals surface area contributed by atoms with E-state index in [9.17, 15) is 0 Å². The summed E-state index contributed by atoms with van der Waals surface area (Å²) in [7, 11) is 1.88. The lowest BCUT2D eigenvalue weighted by atomic mass is 10.1. The second-order valence-corrected chi connectivity index (χ2v) is 5.18. The molecule has 2 rings (SSSR count). The van der Waals surface area contributed by atoms with Gasteiger partial charge in [0.25, 0.3) is 0 Å². The van der Waals surface area contributed by atoms with E-state index < -0.39 is 0 Å². The largest absolute Gasteiger partial charge is 0.365 e.